The SMILES string of the molecule is O=C(NCCc1nc2ccc(Cl)cc2[nH]1)c1cc(Br)cn2c(C3CC3)nnc12. The van der Waals surface area contributed by atoms with Gasteiger partial charge in [-0.3, -0.25) is 9.20 Å². The topological polar surface area (TPSA) is 88.0 Å². The Balaban J connectivity index is 1.32. The van der Waals surface area contributed by atoms with E-state index in [-0.39, 0.29) is 5.91 Å². The van der Waals surface area contributed by atoms with Crippen LogP contribution >= 0.6 is 27.5 Å². The highest BCUT2D eigenvalue weighted by molar-refractivity contribution is 9.10. The molecule has 5 rings (SSSR count). The van der Waals surface area contributed by atoms with Gasteiger partial charge in [0.05, 0.1) is 16.6 Å². The molecule has 0 aliphatic heterocycles. The third-order valence-electron chi connectivity index (χ3n) is 4.83. The van der Waals surface area contributed by atoms with E-state index in [2.05, 4.69) is 41.4 Å². The number of hydrogen-bond acceptors (Lipinski definition) is 4. The van der Waals surface area contributed by atoms with E-state index in [1.807, 2.05) is 28.8 Å². The minimum Gasteiger partial charge on any atom is -0.351 e. The van der Waals surface area contributed by atoms with Crippen LogP contribution in [0.5, 0.6) is 0 Å². The summed E-state index contributed by atoms with van der Waals surface area (Å²) in [6, 6.07) is 7.30. The zero-order valence-corrected chi connectivity index (χ0v) is 17.1. The molecule has 1 saturated carbocycles. The number of nitrogens with zero attached hydrogens (tertiary/aromatic N) is 4. The number of benzene rings is 1. The lowest BCUT2D eigenvalue weighted by atomic mass is 10.2. The van der Waals surface area contributed by atoms with Gasteiger partial charge in [-0.05, 0) is 53.0 Å². The van der Waals surface area contributed by atoms with Crippen LogP contribution < -0.4 is 5.32 Å². The minimum absolute atomic E-state index is 0.180. The Hall–Kier alpha value is -2.45. The maximum atomic E-state index is 12.8. The van der Waals surface area contributed by atoms with Crippen molar-refractivity contribution in [2.75, 3.05) is 6.54 Å². The number of pyridine rings is 1. The number of imidazole rings is 1. The van der Waals surface area contributed by atoms with Crippen LogP contribution in [-0.2, 0) is 6.42 Å². The molecule has 4 aromatic rings. The van der Waals surface area contributed by atoms with Crippen molar-refractivity contribution in [3.8, 4) is 0 Å². The molecule has 0 saturated heterocycles. The maximum Gasteiger partial charge on any atom is 0.255 e. The number of carbonyl (C=O) groups excluding carboxylic acids is 1. The highest BCUT2D eigenvalue weighted by Crippen LogP contribution is 2.39. The molecule has 1 aliphatic carbocycles. The van der Waals surface area contributed by atoms with Crippen LogP contribution in [0.4, 0.5) is 0 Å². The Bertz CT molecular complexity index is 1210. The summed E-state index contributed by atoms with van der Waals surface area (Å²) in [6.45, 7) is 0.453. The number of H-pyrrole nitrogens is 1. The molecule has 2 N–H and O–H groups in total. The van der Waals surface area contributed by atoms with E-state index in [4.69, 9.17) is 11.6 Å². The van der Waals surface area contributed by atoms with Crippen LogP contribution in [0, 0.1) is 0 Å². The molecule has 1 aliphatic rings. The Morgan fingerprint density at radius 2 is 2.18 bits per heavy atom. The van der Waals surface area contributed by atoms with Crippen molar-refractivity contribution < 1.29 is 4.79 Å². The van der Waals surface area contributed by atoms with Crippen molar-refractivity contribution in [1.29, 1.82) is 0 Å². The summed E-state index contributed by atoms with van der Waals surface area (Å²) in [5.41, 5.74) is 2.83. The van der Waals surface area contributed by atoms with E-state index in [9.17, 15) is 4.79 Å². The van der Waals surface area contributed by atoms with E-state index in [0.29, 0.717) is 35.1 Å². The summed E-state index contributed by atoms with van der Waals surface area (Å²) in [6.07, 6.45) is 4.75. The lowest BCUT2D eigenvalue weighted by Crippen LogP contribution is -2.26. The molecule has 0 atom stereocenters. The van der Waals surface area contributed by atoms with Crippen LogP contribution in [0.1, 0.15) is 40.8 Å². The van der Waals surface area contributed by atoms with Crippen molar-refractivity contribution in [1.82, 2.24) is 29.9 Å². The van der Waals surface area contributed by atoms with Crippen LogP contribution in [0.25, 0.3) is 16.7 Å². The van der Waals surface area contributed by atoms with Crippen LogP contribution in [0.15, 0.2) is 34.9 Å². The van der Waals surface area contributed by atoms with Crippen molar-refractivity contribution in [3.05, 3.63) is 57.2 Å². The van der Waals surface area contributed by atoms with Crippen LogP contribution in [0.3, 0.4) is 0 Å². The highest BCUT2D eigenvalue weighted by atomic mass is 79.9. The molecule has 1 amide bonds. The number of aromatic amines is 1. The second kappa shape index (κ2) is 6.86. The molecular weight excluding hydrogens is 444 g/mol. The Morgan fingerprint density at radius 3 is 3.00 bits per heavy atom. The Kier molecular flexibility index (Phi) is 4.32. The standard InChI is InChI=1S/C19H16BrClN6O/c20-11-7-13(18-26-25-17(10-1-2-10)27(18)9-11)19(28)22-6-5-16-23-14-4-3-12(21)8-15(14)24-16/h3-4,7-10H,1-2,5-6H2,(H,22,28)(H,23,24). The number of carbonyl (C=O) groups is 1. The highest BCUT2D eigenvalue weighted by Gasteiger charge is 2.29. The molecule has 28 heavy (non-hydrogen) atoms. The van der Waals surface area contributed by atoms with Crippen molar-refractivity contribution in [3.63, 3.8) is 0 Å². The van der Waals surface area contributed by atoms with Gasteiger partial charge >= 0.3 is 0 Å². The fraction of sp³-hybridized carbons (Fsp3) is 0.263. The average Bonchev–Trinajstić information content (AvgIpc) is 3.29. The summed E-state index contributed by atoms with van der Waals surface area (Å²) in [5.74, 6) is 1.99. The molecule has 0 bridgehead atoms. The first-order valence-corrected chi connectivity index (χ1v) is 10.2. The molecule has 1 aromatic carbocycles. The number of fused-ring (bicyclic) bond motifs is 2. The number of nitrogens with one attached hydrogen (secondary N) is 2. The summed E-state index contributed by atoms with van der Waals surface area (Å²) < 4.78 is 2.74. The molecule has 7 nitrogen and oxygen atoms in total. The van der Waals surface area contributed by atoms with Gasteiger partial charge in [0, 0.05) is 34.6 Å². The largest absolute Gasteiger partial charge is 0.351 e. The number of rotatable bonds is 5. The summed E-state index contributed by atoms with van der Waals surface area (Å²) in [7, 11) is 0. The lowest BCUT2D eigenvalue weighted by Gasteiger charge is -2.07. The summed E-state index contributed by atoms with van der Waals surface area (Å²) in [5, 5.41) is 12.1. The van der Waals surface area contributed by atoms with Gasteiger partial charge < -0.3 is 10.3 Å². The quantitative estimate of drug-likeness (QED) is 0.474. The van der Waals surface area contributed by atoms with Crippen molar-refractivity contribution in [2.45, 2.75) is 25.2 Å². The Labute approximate surface area is 173 Å². The summed E-state index contributed by atoms with van der Waals surface area (Å²) >= 11 is 9.49. The average molecular weight is 460 g/mol. The van der Waals surface area contributed by atoms with Gasteiger partial charge in [-0.2, -0.15) is 0 Å². The maximum absolute atomic E-state index is 12.8. The predicted octanol–water partition coefficient (Wildman–Crippen LogP) is 3.87. The molecule has 1 fully saturated rings. The van der Waals surface area contributed by atoms with Gasteiger partial charge in [-0.1, -0.05) is 11.6 Å². The fourth-order valence-electron chi connectivity index (χ4n) is 3.31. The lowest BCUT2D eigenvalue weighted by molar-refractivity contribution is 0.0955. The first kappa shape index (κ1) is 17.6. The van der Waals surface area contributed by atoms with E-state index in [1.165, 1.54) is 0 Å². The molecule has 3 aromatic heterocycles. The monoisotopic (exact) mass is 458 g/mol. The number of hydrogen-bond donors (Lipinski definition) is 2. The molecular formula is C19H16BrClN6O. The Morgan fingerprint density at radius 1 is 1.32 bits per heavy atom. The van der Waals surface area contributed by atoms with Gasteiger partial charge in [0.2, 0.25) is 0 Å². The van der Waals surface area contributed by atoms with Gasteiger partial charge in [0.1, 0.15) is 11.6 Å². The predicted molar refractivity (Wildman–Crippen MR) is 110 cm³/mol. The first-order chi connectivity index (χ1) is 13.6. The molecule has 0 spiro atoms. The minimum atomic E-state index is -0.180. The second-order valence-corrected chi connectivity index (χ2v) is 8.30. The van der Waals surface area contributed by atoms with E-state index in [1.54, 1.807) is 6.07 Å². The number of halogens is 2. The zero-order valence-electron chi connectivity index (χ0n) is 14.7. The van der Waals surface area contributed by atoms with Crippen molar-refractivity contribution in [2.24, 2.45) is 0 Å². The van der Waals surface area contributed by atoms with Crippen molar-refractivity contribution >= 4 is 50.1 Å². The van der Waals surface area contributed by atoms with Gasteiger partial charge in [-0.25, -0.2) is 4.98 Å². The van der Waals surface area contributed by atoms with Gasteiger partial charge in [0.15, 0.2) is 5.65 Å². The first-order valence-electron chi connectivity index (χ1n) is 9.05. The van der Waals surface area contributed by atoms with E-state index < -0.39 is 0 Å². The zero-order chi connectivity index (χ0) is 19.3. The van der Waals surface area contributed by atoms with Gasteiger partial charge in [-0.15, -0.1) is 10.2 Å². The fourth-order valence-corrected chi connectivity index (χ4v) is 3.91. The summed E-state index contributed by atoms with van der Waals surface area (Å²) in [4.78, 5) is 20.5. The molecule has 3 heterocycles. The van der Waals surface area contributed by atoms with Crippen LogP contribution in [0.2, 0.25) is 5.02 Å². The molecule has 0 radical (unpaired) electrons. The smallest absolute Gasteiger partial charge is 0.255 e. The molecule has 0 unspecified atom stereocenters. The van der Waals surface area contributed by atoms with Gasteiger partial charge in [0.25, 0.3) is 5.91 Å². The van der Waals surface area contributed by atoms with E-state index >= 15 is 0 Å². The van der Waals surface area contributed by atoms with Crippen LogP contribution in [-0.4, -0.2) is 37.0 Å². The second-order valence-electron chi connectivity index (χ2n) is 6.95. The number of amides is 1. The third-order valence-corrected chi connectivity index (χ3v) is 5.49. The van der Waals surface area contributed by atoms with E-state index in [0.717, 1.165) is 40.0 Å². The normalized spacial score (nSPS) is 14.1. The molecule has 9 heteroatoms. The third kappa shape index (κ3) is 3.27. The number of aromatic nitrogens is 5. The molecule has 142 valence electrons.